The number of carbonyl (C=O) groups is 3. The first-order valence-corrected chi connectivity index (χ1v) is 12.6. The van der Waals surface area contributed by atoms with E-state index in [2.05, 4.69) is 6.58 Å². The van der Waals surface area contributed by atoms with Crippen LogP contribution in [0.4, 0.5) is 4.79 Å². The van der Waals surface area contributed by atoms with Crippen LogP contribution >= 0.6 is 0 Å². The van der Waals surface area contributed by atoms with Gasteiger partial charge in [0.05, 0.1) is 17.9 Å². The van der Waals surface area contributed by atoms with Crippen LogP contribution in [0, 0.1) is 28.6 Å². The minimum atomic E-state index is -2.34. The maximum absolute atomic E-state index is 13.7. The number of Topliss-reactive ketones (excluding diaryl/α,β-unsaturated/α-hetero) is 1. The van der Waals surface area contributed by atoms with Gasteiger partial charge >= 0.3 is 12.1 Å². The van der Waals surface area contributed by atoms with Crippen LogP contribution in [-0.2, 0) is 19.2 Å². The van der Waals surface area contributed by atoms with E-state index in [1.165, 1.54) is 6.92 Å². The number of aliphatic hydroxyl groups is 3. The summed E-state index contributed by atoms with van der Waals surface area (Å²) in [6, 6.07) is 0. The van der Waals surface area contributed by atoms with Gasteiger partial charge in [-0.1, -0.05) is 33.8 Å². The van der Waals surface area contributed by atoms with Gasteiger partial charge in [0.25, 0.3) is 0 Å². The minimum absolute atomic E-state index is 0.0188. The summed E-state index contributed by atoms with van der Waals surface area (Å²) in [5.74, 6) is -5.33. The van der Waals surface area contributed by atoms with Crippen LogP contribution in [-0.4, -0.2) is 76.2 Å². The molecule has 0 aromatic carbocycles. The van der Waals surface area contributed by atoms with Gasteiger partial charge < -0.3 is 29.8 Å². The number of amides is 1. The molecule has 0 spiro atoms. The molecule has 0 saturated heterocycles. The molecule has 7 atom stereocenters. The second-order valence-electron chi connectivity index (χ2n) is 11.8. The molecule has 2 aliphatic rings. The van der Waals surface area contributed by atoms with Crippen molar-refractivity contribution in [1.29, 1.82) is 0 Å². The number of fused-ring (bicyclic) bond motifs is 1. The van der Waals surface area contributed by atoms with Crippen LogP contribution in [0.15, 0.2) is 12.7 Å². The Balaban J connectivity index is 2.45. The Labute approximate surface area is 214 Å². The third-order valence-corrected chi connectivity index (χ3v) is 8.48. The predicted molar refractivity (Wildman–Crippen MR) is 132 cm³/mol. The summed E-state index contributed by atoms with van der Waals surface area (Å²) < 4.78 is 5.47. The molecule has 0 unspecified atom stereocenters. The highest BCUT2D eigenvalue weighted by Crippen LogP contribution is 2.66. The molecule has 2 aliphatic carbocycles. The summed E-state index contributed by atoms with van der Waals surface area (Å²) >= 11 is 0. The highest BCUT2D eigenvalue weighted by Gasteiger charge is 2.76. The Hall–Kier alpha value is -2.01. The minimum Gasteiger partial charge on any atom is -0.414 e. The number of rotatable bonds is 8. The van der Waals surface area contributed by atoms with Gasteiger partial charge in [0, 0.05) is 25.3 Å². The Morgan fingerprint density at radius 2 is 1.81 bits per heavy atom. The van der Waals surface area contributed by atoms with Crippen molar-refractivity contribution in [3.05, 3.63) is 12.7 Å². The van der Waals surface area contributed by atoms with E-state index >= 15 is 0 Å². The lowest BCUT2D eigenvalue weighted by molar-refractivity contribution is -0.362. The molecule has 2 fully saturated rings. The fourth-order valence-corrected chi connectivity index (χ4v) is 6.44. The summed E-state index contributed by atoms with van der Waals surface area (Å²) in [5.41, 5.74) is -2.60. The Bertz CT molecular complexity index is 861. The maximum Gasteiger partial charge on any atom is 0.443 e. The van der Waals surface area contributed by atoms with Crippen molar-refractivity contribution in [3.63, 3.8) is 0 Å². The zero-order chi connectivity index (χ0) is 27.7. The van der Waals surface area contributed by atoms with E-state index in [0.29, 0.717) is 13.0 Å². The van der Waals surface area contributed by atoms with Crippen LogP contribution in [0.25, 0.3) is 0 Å². The fraction of sp³-hybridized carbons (Fsp3) is 0.808. The van der Waals surface area contributed by atoms with Crippen molar-refractivity contribution in [2.24, 2.45) is 28.6 Å². The fourth-order valence-electron chi connectivity index (χ4n) is 6.44. The molecular weight excluding hydrogens is 468 g/mol. The summed E-state index contributed by atoms with van der Waals surface area (Å²) in [4.78, 5) is 44.8. The second-order valence-corrected chi connectivity index (χ2v) is 11.8. The average Bonchev–Trinajstić information content (AvgIpc) is 2.77. The Morgan fingerprint density at radius 3 is 2.36 bits per heavy atom. The molecular formula is C26H44N2O8. The topological polar surface area (TPSA) is 146 Å². The zero-order valence-electron chi connectivity index (χ0n) is 22.7. The predicted octanol–water partition coefficient (Wildman–Crippen LogP) is 2.17. The standard InChI is InChI=1S/C26H44N2O8/c1-9-16(2)14-19(30)26(34)17(3)15-18(29)21-23(4,5)11-12-25(33,24(21,26)6)35-22(32)27-36-20(31)10-13-28(7)8/h9,16-18,21,29,33-34H,1,10-15H2,2-8H3,(H,27,32)/t16-,17+,18+,21+,24-,25+,26-/m1/s1. The number of ketones is 1. The first-order valence-electron chi connectivity index (χ1n) is 12.6. The smallest absolute Gasteiger partial charge is 0.414 e. The molecule has 36 heavy (non-hydrogen) atoms. The molecule has 0 radical (unpaired) electrons. The maximum atomic E-state index is 13.7. The molecule has 0 aliphatic heterocycles. The van der Waals surface area contributed by atoms with Crippen LogP contribution in [0.5, 0.6) is 0 Å². The number of ether oxygens (including phenoxy) is 1. The number of nitrogens with one attached hydrogen (secondary N) is 1. The van der Waals surface area contributed by atoms with E-state index in [4.69, 9.17) is 9.57 Å². The lowest BCUT2D eigenvalue weighted by atomic mass is 9.41. The summed E-state index contributed by atoms with van der Waals surface area (Å²) in [6.07, 6.45) is -0.223. The van der Waals surface area contributed by atoms with Gasteiger partial charge in [0.2, 0.25) is 5.79 Å². The number of aliphatic hydroxyl groups excluding tert-OH is 1. The van der Waals surface area contributed by atoms with E-state index in [1.807, 2.05) is 19.3 Å². The van der Waals surface area contributed by atoms with Crippen molar-refractivity contribution in [3.8, 4) is 0 Å². The van der Waals surface area contributed by atoms with Crippen molar-refractivity contribution in [2.45, 2.75) is 84.2 Å². The average molecular weight is 513 g/mol. The molecule has 0 aromatic heterocycles. The quantitative estimate of drug-likeness (QED) is 0.218. The van der Waals surface area contributed by atoms with Crippen LogP contribution in [0.3, 0.4) is 0 Å². The lowest BCUT2D eigenvalue weighted by Gasteiger charge is -2.67. The van der Waals surface area contributed by atoms with Crippen LogP contribution in [0.1, 0.15) is 66.7 Å². The Morgan fingerprint density at radius 1 is 1.19 bits per heavy atom. The molecule has 10 heteroatoms. The van der Waals surface area contributed by atoms with E-state index in [-0.39, 0.29) is 31.6 Å². The molecule has 0 heterocycles. The molecule has 2 saturated carbocycles. The number of hydroxylamine groups is 1. The van der Waals surface area contributed by atoms with Gasteiger partial charge in [-0.05, 0) is 51.1 Å². The third-order valence-electron chi connectivity index (χ3n) is 8.48. The summed E-state index contributed by atoms with van der Waals surface area (Å²) in [6.45, 7) is 12.9. The number of hydrogen-bond acceptors (Lipinski definition) is 9. The number of nitrogens with zero attached hydrogens (tertiary/aromatic N) is 1. The zero-order valence-corrected chi connectivity index (χ0v) is 22.7. The van der Waals surface area contributed by atoms with Crippen LogP contribution < -0.4 is 5.48 Å². The van der Waals surface area contributed by atoms with Crippen molar-refractivity contribution in [1.82, 2.24) is 10.4 Å². The number of carbonyl (C=O) groups excluding carboxylic acids is 3. The molecule has 1 amide bonds. The first-order chi connectivity index (χ1) is 16.5. The van der Waals surface area contributed by atoms with Gasteiger partial charge in [-0.2, -0.15) is 0 Å². The van der Waals surface area contributed by atoms with Gasteiger partial charge in [0.15, 0.2) is 5.78 Å². The third kappa shape index (κ3) is 5.32. The van der Waals surface area contributed by atoms with E-state index in [1.54, 1.807) is 38.9 Å². The second kappa shape index (κ2) is 10.8. The van der Waals surface area contributed by atoms with Crippen LogP contribution in [0.2, 0.25) is 0 Å². The molecule has 2 rings (SSSR count). The molecule has 0 bridgehead atoms. The normalized spacial score (nSPS) is 36.4. The molecule has 10 nitrogen and oxygen atoms in total. The van der Waals surface area contributed by atoms with Crippen molar-refractivity contribution < 1.29 is 39.3 Å². The van der Waals surface area contributed by atoms with E-state index in [0.717, 1.165) is 0 Å². The molecule has 206 valence electrons. The van der Waals surface area contributed by atoms with Crippen molar-refractivity contribution in [2.75, 3.05) is 20.6 Å². The van der Waals surface area contributed by atoms with Gasteiger partial charge in [-0.3, -0.25) is 4.79 Å². The van der Waals surface area contributed by atoms with Gasteiger partial charge in [-0.15, -0.1) is 12.1 Å². The number of hydrogen-bond donors (Lipinski definition) is 4. The monoisotopic (exact) mass is 512 g/mol. The van der Waals surface area contributed by atoms with E-state index < -0.39 is 58.0 Å². The van der Waals surface area contributed by atoms with E-state index in [9.17, 15) is 29.7 Å². The highest BCUT2D eigenvalue weighted by molar-refractivity contribution is 5.89. The summed E-state index contributed by atoms with van der Waals surface area (Å²) in [7, 11) is 3.56. The highest BCUT2D eigenvalue weighted by atomic mass is 16.7. The summed E-state index contributed by atoms with van der Waals surface area (Å²) in [5, 5.41) is 35.3. The lowest BCUT2D eigenvalue weighted by Crippen LogP contribution is -2.78. The van der Waals surface area contributed by atoms with Crippen molar-refractivity contribution >= 4 is 17.8 Å². The Kier molecular flexibility index (Phi) is 9.04. The molecule has 0 aromatic rings. The largest absolute Gasteiger partial charge is 0.443 e. The number of allylic oxidation sites excluding steroid dienone is 1. The van der Waals surface area contributed by atoms with Gasteiger partial charge in [0.1, 0.15) is 5.60 Å². The first kappa shape index (κ1) is 30.2. The van der Waals surface area contributed by atoms with Gasteiger partial charge in [-0.25, -0.2) is 9.59 Å². The molecule has 4 N–H and O–H groups in total. The SMILES string of the molecule is C=C[C@@H](C)CC(=O)[C@]1(O)[C@@H](C)C[C@H](O)[C@H]2C(C)(C)CC[C@](O)(OC(=O)NOC(=O)CCN(C)C)[C@@]21C.